The maximum atomic E-state index is 9.80. The SMILES string of the molecule is CC(O)C(C)CCCC(C)[C@H]1CCC2=C3CCC4CCCC[C@]4(C)[C@H]3CC[C@@]21C. The highest BCUT2D eigenvalue weighted by molar-refractivity contribution is 5.34. The predicted octanol–water partition coefficient (Wildman–Crippen LogP) is 7.92. The van der Waals surface area contributed by atoms with Gasteiger partial charge >= 0.3 is 0 Å². The minimum absolute atomic E-state index is 0.155. The van der Waals surface area contributed by atoms with Crippen molar-refractivity contribution in [2.75, 3.05) is 0 Å². The van der Waals surface area contributed by atoms with Crippen LogP contribution in [0, 0.1) is 40.4 Å². The molecular formula is C28H48O. The van der Waals surface area contributed by atoms with Gasteiger partial charge in [-0.3, -0.25) is 0 Å². The van der Waals surface area contributed by atoms with Crippen molar-refractivity contribution in [3.8, 4) is 0 Å². The third-order valence-corrected chi connectivity index (χ3v) is 10.8. The molecule has 0 aliphatic heterocycles. The summed E-state index contributed by atoms with van der Waals surface area (Å²) in [5.41, 5.74) is 5.05. The predicted molar refractivity (Wildman–Crippen MR) is 124 cm³/mol. The van der Waals surface area contributed by atoms with E-state index in [0.29, 0.717) is 16.7 Å². The normalized spacial score (nSPS) is 42.6. The van der Waals surface area contributed by atoms with E-state index in [4.69, 9.17) is 0 Å². The lowest BCUT2D eigenvalue weighted by Gasteiger charge is -2.56. The van der Waals surface area contributed by atoms with Crippen molar-refractivity contribution in [1.82, 2.24) is 0 Å². The minimum atomic E-state index is -0.155. The summed E-state index contributed by atoms with van der Waals surface area (Å²) in [5.74, 6) is 4.11. The second-order valence-corrected chi connectivity index (χ2v) is 12.3. The molecule has 1 heteroatoms. The Morgan fingerprint density at radius 2 is 1.72 bits per heavy atom. The van der Waals surface area contributed by atoms with E-state index < -0.39 is 0 Å². The van der Waals surface area contributed by atoms with Crippen LogP contribution in [-0.4, -0.2) is 11.2 Å². The van der Waals surface area contributed by atoms with Crippen LogP contribution in [0.2, 0.25) is 0 Å². The molecule has 4 aliphatic carbocycles. The van der Waals surface area contributed by atoms with Gasteiger partial charge in [0.25, 0.3) is 0 Å². The zero-order valence-corrected chi connectivity index (χ0v) is 20.1. The second kappa shape index (κ2) is 8.33. The number of hydrogen-bond acceptors (Lipinski definition) is 1. The van der Waals surface area contributed by atoms with Crippen molar-refractivity contribution in [3.05, 3.63) is 11.1 Å². The maximum Gasteiger partial charge on any atom is 0.0537 e. The highest BCUT2D eigenvalue weighted by Crippen LogP contribution is 2.65. The lowest BCUT2D eigenvalue weighted by Crippen LogP contribution is -2.46. The van der Waals surface area contributed by atoms with Gasteiger partial charge in [-0.05, 0) is 105 Å². The monoisotopic (exact) mass is 400 g/mol. The molecule has 1 nitrogen and oxygen atoms in total. The maximum absolute atomic E-state index is 9.80. The molecule has 3 fully saturated rings. The first-order chi connectivity index (χ1) is 13.8. The summed E-state index contributed by atoms with van der Waals surface area (Å²) in [7, 11) is 0. The molecular weight excluding hydrogens is 352 g/mol. The Morgan fingerprint density at radius 3 is 2.48 bits per heavy atom. The quantitative estimate of drug-likeness (QED) is 0.449. The van der Waals surface area contributed by atoms with Crippen LogP contribution in [-0.2, 0) is 0 Å². The molecule has 0 radical (unpaired) electrons. The van der Waals surface area contributed by atoms with E-state index in [-0.39, 0.29) is 6.10 Å². The molecule has 0 aromatic carbocycles. The number of aliphatic hydroxyl groups excluding tert-OH is 1. The van der Waals surface area contributed by atoms with Gasteiger partial charge in [0.1, 0.15) is 0 Å². The van der Waals surface area contributed by atoms with Crippen LogP contribution in [0.4, 0.5) is 0 Å². The molecule has 4 aliphatic rings. The van der Waals surface area contributed by atoms with Gasteiger partial charge in [0.05, 0.1) is 6.10 Å². The van der Waals surface area contributed by atoms with Crippen molar-refractivity contribution < 1.29 is 5.11 Å². The summed E-state index contributed by atoms with van der Waals surface area (Å²) < 4.78 is 0. The van der Waals surface area contributed by atoms with Gasteiger partial charge in [-0.15, -0.1) is 0 Å². The van der Waals surface area contributed by atoms with E-state index in [2.05, 4.69) is 27.7 Å². The van der Waals surface area contributed by atoms with Crippen molar-refractivity contribution >= 4 is 0 Å². The standard InChI is InChI=1S/C28H48O/c1-19(21(3)29)9-8-10-20(2)24-14-15-25-23-13-12-22-11-6-7-17-27(22,4)26(23)16-18-28(24,25)5/h19-22,24,26,29H,6-18H2,1-5H3/t19?,20?,21?,22?,24-,26+,27+,28-/m1/s1. The summed E-state index contributed by atoms with van der Waals surface area (Å²) in [5, 5.41) is 9.80. The van der Waals surface area contributed by atoms with E-state index in [1.165, 1.54) is 83.5 Å². The zero-order chi connectivity index (χ0) is 20.8. The molecule has 0 spiro atoms. The molecule has 0 amide bonds. The summed E-state index contributed by atoms with van der Waals surface area (Å²) in [6.45, 7) is 12.0. The molecule has 0 heterocycles. The second-order valence-electron chi connectivity index (χ2n) is 12.3. The van der Waals surface area contributed by atoms with Gasteiger partial charge in [-0.25, -0.2) is 0 Å². The Morgan fingerprint density at radius 1 is 0.931 bits per heavy atom. The van der Waals surface area contributed by atoms with Crippen LogP contribution >= 0.6 is 0 Å². The fourth-order valence-corrected chi connectivity index (χ4v) is 8.68. The van der Waals surface area contributed by atoms with E-state index in [1.807, 2.05) is 18.1 Å². The molecule has 1 N–H and O–H groups in total. The number of fused-ring (bicyclic) bond motifs is 4. The fourth-order valence-electron chi connectivity index (χ4n) is 8.68. The topological polar surface area (TPSA) is 20.2 Å². The van der Waals surface area contributed by atoms with Crippen LogP contribution < -0.4 is 0 Å². The fraction of sp³-hybridized carbons (Fsp3) is 0.929. The van der Waals surface area contributed by atoms with Crippen LogP contribution in [0.3, 0.4) is 0 Å². The van der Waals surface area contributed by atoms with E-state index in [0.717, 1.165) is 23.7 Å². The van der Waals surface area contributed by atoms with Gasteiger partial charge in [0.2, 0.25) is 0 Å². The number of rotatable bonds is 6. The molecule has 3 saturated carbocycles. The van der Waals surface area contributed by atoms with Gasteiger partial charge in [-0.1, -0.05) is 64.5 Å². The molecule has 0 aromatic rings. The third-order valence-electron chi connectivity index (χ3n) is 10.8. The molecule has 0 bridgehead atoms. The van der Waals surface area contributed by atoms with Crippen molar-refractivity contribution in [2.45, 2.75) is 124 Å². The Bertz CT molecular complexity index is 618. The number of aliphatic hydroxyl groups is 1. The molecule has 8 atom stereocenters. The zero-order valence-electron chi connectivity index (χ0n) is 20.1. The third kappa shape index (κ3) is 3.77. The van der Waals surface area contributed by atoms with E-state index in [9.17, 15) is 5.11 Å². The summed E-state index contributed by atoms with van der Waals surface area (Å²) >= 11 is 0. The van der Waals surface area contributed by atoms with E-state index >= 15 is 0 Å². The summed E-state index contributed by atoms with van der Waals surface area (Å²) in [4.78, 5) is 0. The van der Waals surface area contributed by atoms with E-state index in [1.54, 1.807) is 0 Å². The highest BCUT2D eigenvalue weighted by Gasteiger charge is 2.54. The minimum Gasteiger partial charge on any atom is -0.393 e. The first kappa shape index (κ1) is 21.9. The number of allylic oxidation sites excluding steroid dienone is 2. The molecule has 0 aromatic heterocycles. The Hall–Kier alpha value is -0.300. The number of hydrogen-bond donors (Lipinski definition) is 1. The largest absolute Gasteiger partial charge is 0.393 e. The van der Waals surface area contributed by atoms with Crippen molar-refractivity contribution in [2.24, 2.45) is 40.4 Å². The lowest BCUT2D eigenvalue weighted by atomic mass is 9.49. The average molecular weight is 401 g/mol. The van der Waals surface area contributed by atoms with Gasteiger partial charge < -0.3 is 5.11 Å². The van der Waals surface area contributed by atoms with Crippen LogP contribution in [0.15, 0.2) is 11.1 Å². The Balaban J connectivity index is 1.48. The highest BCUT2D eigenvalue weighted by atomic mass is 16.3. The average Bonchev–Trinajstić information content (AvgIpc) is 3.04. The summed E-state index contributed by atoms with van der Waals surface area (Å²) in [6.07, 6.45) is 18.3. The Kier molecular flexibility index (Phi) is 6.29. The first-order valence-corrected chi connectivity index (χ1v) is 13.2. The van der Waals surface area contributed by atoms with Crippen molar-refractivity contribution in [1.29, 1.82) is 0 Å². The molecule has 4 unspecified atom stereocenters. The molecule has 166 valence electrons. The smallest absolute Gasteiger partial charge is 0.0537 e. The summed E-state index contributed by atoms with van der Waals surface area (Å²) in [6, 6.07) is 0. The van der Waals surface area contributed by atoms with Gasteiger partial charge in [0.15, 0.2) is 0 Å². The Labute approximate surface area is 181 Å². The first-order valence-electron chi connectivity index (χ1n) is 13.2. The van der Waals surface area contributed by atoms with Gasteiger partial charge in [-0.2, -0.15) is 0 Å². The van der Waals surface area contributed by atoms with Crippen LogP contribution in [0.25, 0.3) is 0 Å². The van der Waals surface area contributed by atoms with Crippen LogP contribution in [0.1, 0.15) is 118 Å². The molecule has 29 heavy (non-hydrogen) atoms. The van der Waals surface area contributed by atoms with Gasteiger partial charge in [0, 0.05) is 0 Å². The molecule has 0 saturated heterocycles. The van der Waals surface area contributed by atoms with Crippen molar-refractivity contribution in [3.63, 3.8) is 0 Å². The van der Waals surface area contributed by atoms with Crippen LogP contribution in [0.5, 0.6) is 0 Å². The lowest BCUT2D eigenvalue weighted by molar-refractivity contribution is 0.00927. The molecule has 4 rings (SSSR count).